The van der Waals surface area contributed by atoms with Gasteiger partial charge in [0.05, 0.1) is 4.88 Å². The van der Waals surface area contributed by atoms with E-state index in [-0.39, 0.29) is 5.91 Å². The largest absolute Gasteiger partial charge is 0.296 e. The van der Waals surface area contributed by atoms with Crippen LogP contribution in [0.15, 0.2) is 10.5 Å². The Kier molecular flexibility index (Phi) is 5.06. The van der Waals surface area contributed by atoms with Gasteiger partial charge in [-0.3, -0.25) is 10.1 Å². The molecule has 0 atom stereocenters. The van der Waals surface area contributed by atoms with Gasteiger partial charge in [-0.15, -0.1) is 21.5 Å². The molecule has 7 heteroatoms. The first-order chi connectivity index (χ1) is 9.13. The van der Waals surface area contributed by atoms with Crippen LogP contribution in [0.2, 0.25) is 0 Å². The molecule has 1 N–H and O–H groups in total. The normalized spacial score (nSPS) is 10.7. The maximum atomic E-state index is 12.1. The lowest BCUT2D eigenvalue weighted by Crippen LogP contribution is -2.09. The van der Waals surface area contributed by atoms with Crippen molar-refractivity contribution in [2.24, 2.45) is 0 Å². The Balaban J connectivity index is 2.06. The van der Waals surface area contributed by atoms with E-state index in [9.17, 15) is 4.79 Å². The van der Waals surface area contributed by atoms with Gasteiger partial charge in [0.25, 0.3) is 5.91 Å². The number of aromatic nitrogens is 2. The van der Waals surface area contributed by atoms with Gasteiger partial charge in [0, 0.05) is 15.8 Å². The molecule has 0 saturated heterocycles. The van der Waals surface area contributed by atoms with Crippen LogP contribution in [0.5, 0.6) is 0 Å². The Bertz CT molecular complexity index is 579. The van der Waals surface area contributed by atoms with Gasteiger partial charge in [-0.1, -0.05) is 25.2 Å². The van der Waals surface area contributed by atoms with Crippen molar-refractivity contribution in [1.29, 1.82) is 0 Å². The molecule has 0 bridgehead atoms. The zero-order valence-electron chi connectivity index (χ0n) is 10.7. The highest BCUT2D eigenvalue weighted by Gasteiger charge is 2.14. The molecular formula is C12H14BrN3OS2. The number of nitrogens with one attached hydrogen (secondary N) is 1. The predicted molar refractivity (Wildman–Crippen MR) is 83.3 cm³/mol. The van der Waals surface area contributed by atoms with E-state index in [0.717, 1.165) is 28.7 Å². The molecule has 0 aliphatic carbocycles. The lowest BCUT2D eigenvalue weighted by Gasteiger charge is -1.96. The monoisotopic (exact) mass is 359 g/mol. The van der Waals surface area contributed by atoms with Gasteiger partial charge in [0.2, 0.25) is 5.13 Å². The fourth-order valence-corrected chi connectivity index (χ4v) is 4.16. The summed E-state index contributed by atoms with van der Waals surface area (Å²) in [7, 11) is 0. The number of halogens is 1. The van der Waals surface area contributed by atoms with Crippen LogP contribution in [0.3, 0.4) is 0 Å². The fourth-order valence-electron chi connectivity index (χ4n) is 1.54. The van der Waals surface area contributed by atoms with E-state index in [1.165, 1.54) is 27.6 Å². The summed E-state index contributed by atoms with van der Waals surface area (Å²) >= 11 is 6.40. The van der Waals surface area contributed by atoms with Crippen LogP contribution in [-0.2, 0) is 12.8 Å². The van der Waals surface area contributed by atoms with Crippen molar-refractivity contribution in [3.8, 4) is 0 Å². The lowest BCUT2D eigenvalue weighted by molar-refractivity contribution is 0.103. The summed E-state index contributed by atoms with van der Waals surface area (Å²) in [5.74, 6) is -0.121. The van der Waals surface area contributed by atoms with Crippen molar-refractivity contribution in [2.75, 3.05) is 5.32 Å². The number of carbonyl (C=O) groups is 1. The second kappa shape index (κ2) is 6.58. The first-order valence-corrected chi connectivity index (χ1v) is 8.48. The first kappa shape index (κ1) is 14.6. The second-order valence-electron chi connectivity index (χ2n) is 3.94. The summed E-state index contributed by atoms with van der Waals surface area (Å²) in [4.78, 5) is 13.9. The summed E-state index contributed by atoms with van der Waals surface area (Å²) in [5, 5.41) is 12.3. The van der Waals surface area contributed by atoms with E-state index >= 15 is 0 Å². The van der Waals surface area contributed by atoms with Crippen molar-refractivity contribution in [3.63, 3.8) is 0 Å². The van der Waals surface area contributed by atoms with Gasteiger partial charge in [-0.25, -0.2) is 0 Å². The second-order valence-corrected chi connectivity index (χ2v) is 6.99. The van der Waals surface area contributed by atoms with Crippen LogP contribution in [0.25, 0.3) is 0 Å². The fraction of sp³-hybridized carbons (Fsp3) is 0.417. The summed E-state index contributed by atoms with van der Waals surface area (Å²) in [6, 6.07) is 1.85. The van der Waals surface area contributed by atoms with E-state index in [1.54, 1.807) is 0 Å². The van der Waals surface area contributed by atoms with Crippen molar-refractivity contribution < 1.29 is 4.79 Å². The van der Waals surface area contributed by atoms with Crippen LogP contribution >= 0.6 is 38.6 Å². The molecule has 19 heavy (non-hydrogen) atoms. The molecule has 4 nitrogen and oxygen atoms in total. The molecule has 0 unspecified atom stereocenters. The number of hydrogen-bond acceptors (Lipinski definition) is 5. The van der Waals surface area contributed by atoms with E-state index in [1.807, 2.05) is 6.07 Å². The predicted octanol–water partition coefficient (Wildman–Crippen LogP) is 4.13. The number of amides is 1. The summed E-state index contributed by atoms with van der Waals surface area (Å²) in [6.07, 6.45) is 2.84. The Morgan fingerprint density at radius 3 is 2.79 bits per heavy atom. The molecule has 0 radical (unpaired) electrons. The highest BCUT2D eigenvalue weighted by molar-refractivity contribution is 9.10. The van der Waals surface area contributed by atoms with Crippen LogP contribution in [-0.4, -0.2) is 16.1 Å². The smallest absolute Gasteiger partial charge is 0.267 e. The molecule has 0 fully saturated rings. The van der Waals surface area contributed by atoms with Crippen LogP contribution in [0.4, 0.5) is 5.13 Å². The maximum absolute atomic E-state index is 12.1. The lowest BCUT2D eigenvalue weighted by atomic mass is 10.3. The topological polar surface area (TPSA) is 54.9 Å². The van der Waals surface area contributed by atoms with Crippen molar-refractivity contribution >= 4 is 49.6 Å². The van der Waals surface area contributed by atoms with Crippen LogP contribution in [0, 0.1) is 0 Å². The van der Waals surface area contributed by atoms with E-state index in [0.29, 0.717) is 10.0 Å². The highest BCUT2D eigenvalue weighted by atomic mass is 79.9. The number of aryl methyl sites for hydroxylation is 2. The van der Waals surface area contributed by atoms with Gasteiger partial charge >= 0.3 is 0 Å². The van der Waals surface area contributed by atoms with E-state index < -0.39 is 0 Å². The molecule has 0 aliphatic heterocycles. The minimum atomic E-state index is -0.121. The maximum Gasteiger partial charge on any atom is 0.267 e. The van der Waals surface area contributed by atoms with Gasteiger partial charge in [0.15, 0.2) is 0 Å². The Labute approximate surface area is 128 Å². The number of hydrogen-bond donors (Lipinski definition) is 1. The number of carbonyl (C=O) groups excluding carboxylic acids is 1. The Morgan fingerprint density at radius 2 is 2.16 bits per heavy atom. The molecule has 2 aromatic rings. The van der Waals surface area contributed by atoms with Crippen molar-refractivity contribution in [2.45, 2.75) is 33.1 Å². The van der Waals surface area contributed by atoms with Crippen molar-refractivity contribution in [1.82, 2.24) is 10.2 Å². The molecule has 102 valence electrons. The third-order valence-corrected chi connectivity index (χ3v) is 5.60. The molecular weight excluding hydrogens is 346 g/mol. The third-order valence-electron chi connectivity index (χ3n) is 2.45. The summed E-state index contributed by atoms with van der Waals surface area (Å²) in [5.41, 5.74) is 0. The molecule has 0 aromatic carbocycles. The van der Waals surface area contributed by atoms with Gasteiger partial charge in [0.1, 0.15) is 5.01 Å². The molecule has 2 heterocycles. The zero-order valence-corrected chi connectivity index (χ0v) is 13.9. The number of nitrogens with zero attached hydrogens (tertiary/aromatic N) is 2. The molecule has 0 aliphatic rings. The standard InChI is InChI=1S/C12H14BrN3OS2/c1-3-5-10-15-16-12(19-10)14-11(17)9-6-7(13)8(4-2)18-9/h6H,3-5H2,1-2H3,(H,14,16,17). The van der Waals surface area contributed by atoms with Crippen LogP contribution in [0.1, 0.15) is 39.8 Å². The quantitative estimate of drug-likeness (QED) is 0.872. The highest BCUT2D eigenvalue weighted by Crippen LogP contribution is 2.28. The molecule has 0 saturated carbocycles. The number of thiophene rings is 1. The molecule has 1 amide bonds. The minimum Gasteiger partial charge on any atom is -0.296 e. The van der Waals surface area contributed by atoms with Gasteiger partial charge in [-0.2, -0.15) is 0 Å². The van der Waals surface area contributed by atoms with Gasteiger partial charge < -0.3 is 0 Å². The average molecular weight is 360 g/mol. The van der Waals surface area contributed by atoms with E-state index in [4.69, 9.17) is 0 Å². The van der Waals surface area contributed by atoms with Crippen LogP contribution < -0.4 is 5.32 Å². The average Bonchev–Trinajstić information content (AvgIpc) is 2.96. The molecule has 0 spiro atoms. The molecule has 2 rings (SSSR count). The minimum absolute atomic E-state index is 0.121. The molecule has 2 aromatic heterocycles. The number of anilines is 1. The Morgan fingerprint density at radius 1 is 1.37 bits per heavy atom. The zero-order chi connectivity index (χ0) is 13.8. The Hall–Kier alpha value is -0.790. The van der Waals surface area contributed by atoms with Gasteiger partial charge in [-0.05, 0) is 34.8 Å². The van der Waals surface area contributed by atoms with E-state index in [2.05, 4.69) is 45.3 Å². The van der Waals surface area contributed by atoms with Crippen molar-refractivity contribution in [3.05, 3.63) is 25.3 Å². The summed E-state index contributed by atoms with van der Waals surface area (Å²) < 4.78 is 0.995. The number of rotatable bonds is 5. The summed E-state index contributed by atoms with van der Waals surface area (Å²) in [6.45, 7) is 4.16. The first-order valence-electron chi connectivity index (χ1n) is 6.06. The SMILES string of the molecule is CCCc1nnc(NC(=O)c2cc(Br)c(CC)s2)s1. The third kappa shape index (κ3) is 3.61.